The Hall–Kier alpha value is 0.300. The molecule has 0 saturated carbocycles. The summed E-state index contributed by atoms with van der Waals surface area (Å²) in [6.45, 7) is 3.53. The Morgan fingerprint density at radius 3 is 2.11 bits per heavy atom. The van der Waals surface area contributed by atoms with E-state index in [0.717, 1.165) is 5.75 Å². The average Bonchev–Trinajstić information content (AvgIpc) is 1.81. The molecular weight excluding hydrogens is 156 g/mol. The molecule has 1 fully saturated rings. The zero-order chi connectivity index (χ0) is 7.12. The van der Waals surface area contributed by atoms with Crippen LogP contribution in [0.25, 0.3) is 0 Å². The number of sulfone groups is 1. The topological polar surface area (TPSA) is 34.1 Å². The van der Waals surface area contributed by atoms with Crippen LogP contribution in [0.1, 0.15) is 13.8 Å². The van der Waals surface area contributed by atoms with Crippen LogP contribution < -0.4 is 0 Å². The monoisotopic (exact) mass is 166 g/mol. The molecule has 9 heavy (non-hydrogen) atoms. The van der Waals surface area contributed by atoms with Gasteiger partial charge in [-0.3, -0.25) is 0 Å². The number of hydrogen-bond acceptors (Lipinski definition) is 3. The number of rotatable bonds is 0. The van der Waals surface area contributed by atoms with E-state index >= 15 is 0 Å². The van der Waals surface area contributed by atoms with Gasteiger partial charge >= 0.3 is 0 Å². The molecule has 0 spiro atoms. The molecule has 0 radical (unpaired) electrons. The Bertz CT molecular complexity index is 203. The van der Waals surface area contributed by atoms with Crippen LogP contribution in [0.2, 0.25) is 0 Å². The maximum atomic E-state index is 11.1. The smallest absolute Gasteiger partial charge is 0.165 e. The summed E-state index contributed by atoms with van der Waals surface area (Å²) in [6, 6.07) is 0. The lowest BCUT2D eigenvalue weighted by Gasteiger charge is -2.13. The first-order chi connectivity index (χ1) is 3.96. The summed E-state index contributed by atoms with van der Waals surface area (Å²) in [5.74, 6) is 1.11. The van der Waals surface area contributed by atoms with Gasteiger partial charge in [0.25, 0.3) is 0 Å². The van der Waals surface area contributed by atoms with Gasteiger partial charge in [0.2, 0.25) is 0 Å². The van der Waals surface area contributed by atoms with E-state index in [1.807, 2.05) is 0 Å². The second kappa shape index (κ2) is 1.89. The first-order valence-corrected chi connectivity index (χ1v) is 5.46. The highest BCUT2D eigenvalue weighted by Gasteiger charge is 2.39. The summed E-state index contributed by atoms with van der Waals surface area (Å²) in [4.78, 5) is 0. The van der Waals surface area contributed by atoms with Crippen molar-refractivity contribution in [2.45, 2.75) is 17.9 Å². The molecule has 1 aliphatic rings. The van der Waals surface area contributed by atoms with Crippen molar-refractivity contribution in [2.24, 2.45) is 0 Å². The van der Waals surface area contributed by atoms with Gasteiger partial charge in [0, 0.05) is 5.75 Å². The van der Waals surface area contributed by atoms with Crippen LogP contribution in [0.3, 0.4) is 0 Å². The van der Waals surface area contributed by atoms with Gasteiger partial charge in [-0.25, -0.2) is 8.42 Å². The zero-order valence-corrected chi connectivity index (χ0v) is 7.18. The van der Waals surface area contributed by atoms with Crippen molar-refractivity contribution in [3.8, 4) is 0 Å². The molecule has 0 unspecified atom stereocenters. The fourth-order valence-corrected chi connectivity index (χ4v) is 4.15. The molecule has 0 atom stereocenters. The predicted molar refractivity (Wildman–Crippen MR) is 40.3 cm³/mol. The third-order valence-electron chi connectivity index (χ3n) is 1.55. The van der Waals surface area contributed by atoms with Crippen LogP contribution in [0.4, 0.5) is 0 Å². The Balaban J connectivity index is 3.03. The Kier molecular flexibility index (Phi) is 1.56. The molecule has 0 N–H and O–H groups in total. The van der Waals surface area contributed by atoms with Crippen molar-refractivity contribution < 1.29 is 8.42 Å². The molecule has 54 valence electrons. The van der Waals surface area contributed by atoms with Gasteiger partial charge < -0.3 is 0 Å². The summed E-state index contributed by atoms with van der Waals surface area (Å²) >= 11 is 1.52. The van der Waals surface area contributed by atoms with E-state index in [1.165, 1.54) is 11.8 Å². The van der Waals surface area contributed by atoms with Crippen molar-refractivity contribution >= 4 is 21.6 Å². The molecule has 2 nitrogen and oxygen atoms in total. The van der Waals surface area contributed by atoms with Crippen LogP contribution in [-0.4, -0.2) is 24.0 Å². The lowest BCUT2D eigenvalue weighted by molar-refractivity contribution is 0.587. The second-order valence-electron chi connectivity index (χ2n) is 2.57. The van der Waals surface area contributed by atoms with Crippen LogP contribution >= 0.6 is 11.8 Å². The van der Waals surface area contributed by atoms with Gasteiger partial charge in [-0.15, -0.1) is 11.8 Å². The highest BCUT2D eigenvalue weighted by atomic mass is 32.3. The summed E-state index contributed by atoms with van der Waals surface area (Å²) < 4.78 is 21.6. The predicted octanol–water partition coefficient (Wildman–Crippen LogP) is 0.884. The summed E-state index contributed by atoms with van der Waals surface area (Å²) in [7, 11) is -2.76. The van der Waals surface area contributed by atoms with Crippen molar-refractivity contribution in [3.63, 3.8) is 0 Å². The highest BCUT2D eigenvalue weighted by molar-refractivity contribution is 8.17. The van der Waals surface area contributed by atoms with E-state index in [-0.39, 0.29) is 0 Å². The van der Waals surface area contributed by atoms with Crippen LogP contribution in [-0.2, 0) is 9.84 Å². The molecular formula is C5H10O2S2. The van der Waals surface area contributed by atoms with E-state index in [9.17, 15) is 8.42 Å². The summed E-state index contributed by atoms with van der Waals surface area (Å²) in [6.07, 6.45) is 0. The lowest BCUT2D eigenvalue weighted by Crippen LogP contribution is -2.23. The van der Waals surface area contributed by atoms with E-state index < -0.39 is 13.9 Å². The van der Waals surface area contributed by atoms with E-state index in [2.05, 4.69) is 0 Å². The third kappa shape index (κ3) is 1.10. The first kappa shape index (κ1) is 7.41. The van der Waals surface area contributed by atoms with Crippen LogP contribution in [0.5, 0.6) is 0 Å². The molecule has 0 amide bonds. The summed E-state index contributed by atoms with van der Waals surface area (Å²) in [5.41, 5.74) is 0. The lowest BCUT2D eigenvalue weighted by atomic mass is 10.5. The van der Waals surface area contributed by atoms with Crippen LogP contribution in [0, 0.1) is 0 Å². The number of hydrogen-bond donors (Lipinski definition) is 0. The Morgan fingerprint density at radius 1 is 1.44 bits per heavy atom. The van der Waals surface area contributed by atoms with E-state index in [0.29, 0.717) is 5.75 Å². The maximum Gasteiger partial charge on any atom is 0.165 e. The van der Waals surface area contributed by atoms with Crippen LogP contribution in [0.15, 0.2) is 0 Å². The van der Waals surface area contributed by atoms with Gasteiger partial charge in [0.15, 0.2) is 9.84 Å². The minimum atomic E-state index is -2.76. The van der Waals surface area contributed by atoms with Crippen molar-refractivity contribution in [1.29, 1.82) is 0 Å². The molecule has 0 bridgehead atoms. The Morgan fingerprint density at radius 2 is 2.00 bits per heavy atom. The van der Waals surface area contributed by atoms with E-state index in [1.54, 1.807) is 13.8 Å². The molecule has 1 saturated heterocycles. The molecule has 0 aromatic carbocycles. The minimum absolute atomic E-state index is 0.352. The van der Waals surface area contributed by atoms with Crippen molar-refractivity contribution in [1.82, 2.24) is 0 Å². The average molecular weight is 166 g/mol. The largest absolute Gasteiger partial charge is 0.227 e. The molecule has 1 aliphatic heterocycles. The first-order valence-electron chi connectivity index (χ1n) is 2.82. The molecule has 1 heterocycles. The zero-order valence-electron chi connectivity index (χ0n) is 5.55. The van der Waals surface area contributed by atoms with Gasteiger partial charge in [0.1, 0.15) is 4.08 Å². The molecule has 0 aliphatic carbocycles. The fraction of sp³-hybridized carbons (Fsp3) is 1.00. The van der Waals surface area contributed by atoms with Gasteiger partial charge in [0.05, 0.1) is 5.75 Å². The highest BCUT2D eigenvalue weighted by Crippen LogP contribution is 2.37. The molecule has 1 rings (SSSR count). The molecule has 0 aromatic rings. The van der Waals surface area contributed by atoms with Gasteiger partial charge in [-0.05, 0) is 13.8 Å². The quantitative estimate of drug-likeness (QED) is 0.536. The number of thioether (sulfide) groups is 1. The standard InChI is InChI=1S/C5H10O2S2/c1-5(2)8-3-4-9(5,6)7/h3-4H2,1-2H3. The van der Waals surface area contributed by atoms with Crippen molar-refractivity contribution in [2.75, 3.05) is 11.5 Å². The van der Waals surface area contributed by atoms with E-state index in [4.69, 9.17) is 0 Å². The van der Waals surface area contributed by atoms with Gasteiger partial charge in [-0.1, -0.05) is 0 Å². The third-order valence-corrected chi connectivity index (χ3v) is 6.27. The SMILES string of the molecule is CC1(C)SCCS1(=O)=O. The molecule has 4 heteroatoms. The molecule has 0 aromatic heterocycles. The summed E-state index contributed by atoms with van der Waals surface area (Å²) in [5, 5.41) is 0. The maximum absolute atomic E-state index is 11.1. The normalized spacial score (nSPS) is 30.4. The van der Waals surface area contributed by atoms with Crippen molar-refractivity contribution in [3.05, 3.63) is 0 Å². The second-order valence-corrected chi connectivity index (χ2v) is 7.20. The Labute approximate surface area is 59.9 Å². The fourth-order valence-electron chi connectivity index (χ4n) is 0.733. The minimum Gasteiger partial charge on any atom is -0.227 e. The van der Waals surface area contributed by atoms with Gasteiger partial charge in [-0.2, -0.15) is 0 Å².